The molecule has 2 N–H and O–H groups in total. The Morgan fingerprint density at radius 3 is 2.35 bits per heavy atom. The third-order valence-corrected chi connectivity index (χ3v) is 3.18. The zero-order valence-electron chi connectivity index (χ0n) is 11.1. The van der Waals surface area contributed by atoms with Gasteiger partial charge in [0.25, 0.3) is 0 Å². The van der Waals surface area contributed by atoms with Crippen LogP contribution in [0.4, 0.5) is 0 Å². The molecule has 0 aromatic heterocycles. The number of amides is 2. The molecule has 1 saturated heterocycles. The number of carbonyl (C=O) groups is 2. The highest BCUT2D eigenvalue weighted by molar-refractivity contribution is 5.81. The molecule has 0 aromatic rings. The van der Waals surface area contributed by atoms with Gasteiger partial charge in [-0.05, 0) is 27.2 Å². The fourth-order valence-corrected chi connectivity index (χ4v) is 2.50. The molecule has 98 valence electrons. The van der Waals surface area contributed by atoms with Crippen LogP contribution >= 0.6 is 0 Å². The highest BCUT2D eigenvalue weighted by Gasteiger charge is 2.33. The van der Waals surface area contributed by atoms with Crippen molar-refractivity contribution in [3.05, 3.63) is 0 Å². The lowest BCUT2D eigenvalue weighted by Crippen LogP contribution is -2.47. The van der Waals surface area contributed by atoms with E-state index >= 15 is 0 Å². The molecule has 0 aliphatic carbocycles. The largest absolute Gasteiger partial charge is 0.339 e. The van der Waals surface area contributed by atoms with E-state index in [1.165, 1.54) is 0 Å². The number of rotatable bonds is 3. The van der Waals surface area contributed by atoms with Gasteiger partial charge in [-0.3, -0.25) is 9.59 Å². The second-order valence-corrected chi connectivity index (χ2v) is 5.04. The minimum atomic E-state index is -0.460. The minimum Gasteiger partial charge on any atom is -0.339 e. The first-order valence-electron chi connectivity index (χ1n) is 6.17. The van der Waals surface area contributed by atoms with Crippen molar-refractivity contribution in [1.29, 1.82) is 0 Å². The van der Waals surface area contributed by atoms with Gasteiger partial charge in [0, 0.05) is 26.1 Å². The zero-order chi connectivity index (χ0) is 13.2. The maximum atomic E-state index is 11.8. The summed E-state index contributed by atoms with van der Waals surface area (Å²) in [6.07, 6.45) is 0.843. The number of hydrogen-bond donors (Lipinski definition) is 1. The van der Waals surface area contributed by atoms with Crippen molar-refractivity contribution in [3.63, 3.8) is 0 Å². The number of nitrogens with two attached hydrogens (primary N) is 1. The molecule has 17 heavy (non-hydrogen) atoms. The first kappa shape index (κ1) is 14.0. The molecule has 0 bridgehead atoms. The van der Waals surface area contributed by atoms with E-state index in [9.17, 15) is 9.59 Å². The molecule has 2 atom stereocenters. The van der Waals surface area contributed by atoms with Crippen LogP contribution in [0.2, 0.25) is 0 Å². The highest BCUT2D eigenvalue weighted by Crippen LogP contribution is 2.18. The molecular weight excluding hydrogens is 218 g/mol. The van der Waals surface area contributed by atoms with Crippen LogP contribution in [-0.4, -0.2) is 52.8 Å². The van der Waals surface area contributed by atoms with Crippen LogP contribution in [0.5, 0.6) is 0 Å². The van der Waals surface area contributed by atoms with Gasteiger partial charge in [-0.1, -0.05) is 0 Å². The Kier molecular flexibility index (Phi) is 4.51. The molecule has 1 aliphatic rings. The molecule has 1 heterocycles. The quantitative estimate of drug-likeness (QED) is 0.767. The number of nitrogens with zero attached hydrogens (tertiary/aromatic N) is 2. The van der Waals surface area contributed by atoms with Gasteiger partial charge >= 0.3 is 0 Å². The summed E-state index contributed by atoms with van der Waals surface area (Å²) in [5.41, 5.74) is 5.59. The van der Waals surface area contributed by atoms with E-state index < -0.39 is 6.04 Å². The minimum absolute atomic E-state index is 0.0280. The molecule has 0 unspecified atom stereocenters. The van der Waals surface area contributed by atoms with Crippen molar-refractivity contribution < 1.29 is 9.59 Å². The average molecular weight is 241 g/mol. The number of likely N-dealkylation sites (tertiary alicyclic amines) is 1. The molecule has 2 amide bonds. The van der Waals surface area contributed by atoms with Crippen molar-refractivity contribution in [3.8, 4) is 0 Å². The van der Waals surface area contributed by atoms with Crippen LogP contribution in [0.1, 0.15) is 34.1 Å². The monoisotopic (exact) mass is 241 g/mol. The molecule has 0 aromatic carbocycles. The SMILES string of the molecule is CC(=O)N(C(C)C)[C@H]1CCN(C(=O)[C@H](C)N)C1. The Bertz CT molecular complexity index is 302. The van der Waals surface area contributed by atoms with Crippen LogP contribution in [0.3, 0.4) is 0 Å². The number of carbonyl (C=O) groups excluding carboxylic acids is 2. The second-order valence-electron chi connectivity index (χ2n) is 5.04. The highest BCUT2D eigenvalue weighted by atomic mass is 16.2. The van der Waals surface area contributed by atoms with Gasteiger partial charge in [-0.15, -0.1) is 0 Å². The first-order valence-corrected chi connectivity index (χ1v) is 6.17. The summed E-state index contributed by atoms with van der Waals surface area (Å²) in [5, 5.41) is 0. The van der Waals surface area contributed by atoms with Crippen molar-refractivity contribution in [2.24, 2.45) is 5.73 Å². The molecule has 1 rings (SSSR count). The summed E-state index contributed by atoms with van der Waals surface area (Å²) < 4.78 is 0. The summed E-state index contributed by atoms with van der Waals surface area (Å²) in [7, 11) is 0. The molecule has 0 radical (unpaired) electrons. The lowest BCUT2D eigenvalue weighted by molar-refractivity contribution is -0.135. The van der Waals surface area contributed by atoms with Gasteiger partial charge in [0.1, 0.15) is 0 Å². The summed E-state index contributed by atoms with van der Waals surface area (Å²) in [6, 6.07) is -0.156. The number of hydrogen-bond acceptors (Lipinski definition) is 3. The fourth-order valence-electron chi connectivity index (χ4n) is 2.50. The normalized spacial score (nSPS) is 21.8. The van der Waals surface area contributed by atoms with Crippen LogP contribution < -0.4 is 5.73 Å². The van der Waals surface area contributed by atoms with Crippen molar-refractivity contribution in [1.82, 2.24) is 9.80 Å². The van der Waals surface area contributed by atoms with E-state index in [1.807, 2.05) is 18.7 Å². The average Bonchev–Trinajstić information content (AvgIpc) is 2.64. The fraction of sp³-hybridized carbons (Fsp3) is 0.833. The third-order valence-electron chi connectivity index (χ3n) is 3.18. The Labute approximate surface area is 103 Å². The van der Waals surface area contributed by atoms with Gasteiger partial charge < -0.3 is 15.5 Å². The van der Waals surface area contributed by atoms with Gasteiger partial charge in [-0.2, -0.15) is 0 Å². The van der Waals surface area contributed by atoms with Crippen LogP contribution in [0, 0.1) is 0 Å². The predicted octanol–water partition coefficient (Wildman–Crippen LogP) is 0.191. The molecular formula is C12H23N3O2. The van der Waals surface area contributed by atoms with Gasteiger partial charge in [0.05, 0.1) is 12.1 Å². The van der Waals surface area contributed by atoms with E-state index in [1.54, 1.807) is 18.7 Å². The van der Waals surface area contributed by atoms with Gasteiger partial charge in [0.2, 0.25) is 11.8 Å². The maximum Gasteiger partial charge on any atom is 0.239 e. The van der Waals surface area contributed by atoms with Crippen LogP contribution in [0.25, 0.3) is 0 Å². The van der Waals surface area contributed by atoms with E-state index in [0.29, 0.717) is 13.1 Å². The van der Waals surface area contributed by atoms with Crippen molar-refractivity contribution >= 4 is 11.8 Å². The van der Waals surface area contributed by atoms with E-state index in [2.05, 4.69) is 0 Å². The molecule has 0 saturated carbocycles. The van der Waals surface area contributed by atoms with E-state index in [-0.39, 0.29) is 23.9 Å². The van der Waals surface area contributed by atoms with E-state index in [4.69, 9.17) is 5.73 Å². The van der Waals surface area contributed by atoms with Crippen molar-refractivity contribution in [2.75, 3.05) is 13.1 Å². The Morgan fingerprint density at radius 1 is 1.35 bits per heavy atom. The summed E-state index contributed by atoms with van der Waals surface area (Å²) in [4.78, 5) is 26.9. The molecule has 1 fully saturated rings. The predicted molar refractivity (Wildman–Crippen MR) is 66.3 cm³/mol. The molecule has 1 aliphatic heterocycles. The first-order chi connectivity index (χ1) is 7.84. The third kappa shape index (κ3) is 3.19. The lowest BCUT2D eigenvalue weighted by atomic mass is 10.1. The maximum absolute atomic E-state index is 11.8. The smallest absolute Gasteiger partial charge is 0.239 e. The summed E-state index contributed by atoms with van der Waals surface area (Å²) >= 11 is 0. The molecule has 0 spiro atoms. The summed E-state index contributed by atoms with van der Waals surface area (Å²) in [5.74, 6) is 0.0415. The van der Waals surface area contributed by atoms with Crippen molar-refractivity contribution in [2.45, 2.75) is 52.2 Å². The second kappa shape index (κ2) is 5.49. The Morgan fingerprint density at radius 2 is 1.94 bits per heavy atom. The lowest BCUT2D eigenvalue weighted by Gasteiger charge is -2.31. The van der Waals surface area contributed by atoms with Crippen LogP contribution in [0.15, 0.2) is 0 Å². The van der Waals surface area contributed by atoms with Crippen LogP contribution in [-0.2, 0) is 9.59 Å². The Hall–Kier alpha value is -1.10. The van der Waals surface area contributed by atoms with Gasteiger partial charge in [0.15, 0.2) is 0 Å². The van der Waals surface area contributed by atoms with E-state index in [0.717, 1.165) is 6.42 Å². The zero-order valence-corrected chi connectivity index (χ0v) is 11.1. The topological polar surface area (TPSA) is 66.6 Å². The molecule has 5 heteroatoms. The summed E-state index contributed by atoms with van der Waals surface area (Å²) in [6.45, 7) is 8.57. The Balaban J connectivity index is 2.66. The molecule has 5 nitrogen and oxygen atoms in total. The van der Waals surface area contributed by atoms with Gasteiger partial charge in [-0.25, -0.2) is 0 Å². The standard InChI is InChI=1S/C12H23N3O2/c1-8(2)15(10(4)16)11-5-6-14(7-11)12(17)9(3)13/h8-9,11H,5-7,13H2,1-4H3/t9-,11-/m0/s1.